The molecule has 0 saturated heterocycles. The molecule has 0 bridgehead atoms. The molecular weight excluding hydrogens is 469 g/mol. The molecule has 1 saturated carbocycles. The van der Waals surface area contributed by atoms with E-state index >= 15 is 0 Å². The number of anilines is 1. The first-order valence-corrected chi connectivity index (χ1v) is 12.1. The van der Waals surface area contributed by atoms with Crippen LogP contribution >= 0.6 is 11.8 Å². The number of nitrogens with two attached hydrogens (primary N) is 1. The molecule has 1 fully saturated rings. The predicted molar refractivity (Wildman–Crippen MR) is 123 cm³/mol. The van der Waals surface area contributed by atoms with Gasteiger partial charge >= 0.3 is 12.2 Å². The first kappa shape index (κ1) is 25.9. The number of imide groups is 1. The van der Waals surface area contributed by atoms with Crippen LogP contribution in [-0.2, 0) is 17.5 Å². The molecule has 1 aromatic carbocycles. The third-order valence-corrected chi connectivity index (χ3v) is 7.16. The highest BCUT2D eigenvalue weighted by Crippen LogP contribution is 2.36. The molecule has 2 aromatic rings. The summed E-state index contributed by atoms with van der Waals surface area (Å²) >= 11 is 1.21. The Labute approximate surface area is 200 Å². The summed E-state index contributed by atoms with van der Waals surface area (Å²) in [6.07, 6.45) is 0.631. The number of primary amides is 1. The van der Waals surface area contributed by atoms with Crippen molar-refractivity contribution in [3.8, 4) is 0 Å². The Morgan fingerprint density at radius 3 is 2.53 bits per heavy atom. The third kappa shape index (κ3) is 6.64. The van der Waals surface area contributed by atoms with Gasteiger partial charge in [0.25, 0.3) is 0 Å². The maximum atomic E-state index is 13.1. The lowest BCUT2D eigenvalue weighted by Crippen LogP contribution is -2.42. The van der Waals surface area contributed by atoms with Crippen LogP contribution in [-0.4, -0.2) is 32.0 Å². The number of alkyl halides is 3. The number of urea groups is 1. The van der Waals surface area contributed by atoms with Crippen LogP contribution in [0.15, 0.2) is 29.4 Å². The van der Waals surface area contributed by atoms with Crippen molar-refractivity contribution >= 4 is 29.4 Å². The van der Waals surface area contributed by atoms with Crippen molar-refractivity contribution in [1.82, 2.24) is 20.1 Å². The number of carbonyl (C=O) groups excluding carboxylic acids is 2. The molecule has 3 amide bonds. The minimum atomic E-state index is -4.43. The van der Waals surface area contributed by atoms with Crippen LogP contribution < -0.4 is 16.4 Å². The van der Waals surface area contributed by atoms with E-state index in [0.717, 1.165) is 44.2 Å². The zero-order chi connectivity index (χ0) is 24.9. The van der Waals surface area contributed by atoms with E-state index < -0.39 is 28.9 Å². The van der Waals surface area contributed by atoms with E-state index in [1.165, 1.54) is 17.8 Å². The fourth-order valence-electron chi connectivity index (χ4n) is 4.00. The standard InChI is InChI=1S/C22H29F3N6O2S/c1-13(2)18(19(32)28-20(26)33)34-21-30-29-17(31(21)16-9-4-3-5-10-16)12-27-15-8-6-7-14(11-15)22(23,24)25/h6-8,11,13,16,18,27H,3-5,9-10,12H2,1-2H3,(H3,26,28,32,33). The smallest absolute Gasteiger partial charge is 0.378 e. The number of halogens is 3. The lowest BCUT2D eigenvalue weighted by Gasteiger charge is -2.27. The van der Waals surface area contributed by atoms with E-state index in [2.05, 4.69) is 20.8 Å². The summed E-state index contributed by atoms with van der Waals surface area (Å²) in [5.74, 6) is -0.0495. The van der Waals surface area contributed by atoms with Gasteiger partial charge in [-0.15, -0.1) is 10.2 Å². The second-order valence-corrected chi connectivity index (χ2v) is 9.74. The second kappa shape index (κ2) is 11.1. The third-order valence-electron chi connectivity index (χ3n) is 5.66. The van der Waals surface area contributed by atoms with E-state index in [9.17, 15) is 22.8 Å². The average molecular weight is 499 g/mol. The van der Waals surface area contributed by atoms with Crippen molar-refractivity contribution in [3.05, 3.63) is 35.7 Å². The number of hydrogen-bond acceptors (Lipinski definition) is 6. The Bertz CT molecular complexity index is 1000. The molecule has 8 nitrogen and oxygen atoms in total. The minimum Gasteiger partial charge on any atom is -0.378 e. The van der Waals surface area contributed by atoms with Gasteiger partial charge in [0.2, 0.25) is 5.91 Å². The van der Waals surface area contributed by atoms with Gasteiger partial charge in [0.1, 0.15) is 0 Å². The summed E-state index contributed by atoms with van der Waals surface area (Å²) in [5, 5.41) is 13.7. The van der Waals surface area contributed by atoms with E-state index in [-0.39, 0.29) is 18.5 Å². The highest BCUT2D eigenvalue weighted by molar-refractivity contribution is 8.00. The Kier molecular flexibility index (Phi) is 8.45. The molecule has 1 heterocycles. The van der Waals surface area contributed by atoms with Crippen molar-refractivity contribution in [2.45, 2.75) is 75.1 Å². The van der Waals surface area contributed by atoms with Crippen molar-refractivity contribution in [2.24, 2.45) is 11.7 Å². The highest BCUT2D eigenvalue weighted by atomic mass is 32.2. The summed E-state index contributed by atoms with van der Waals surface area (Å²) < 4.78 is 41.1. The van der Waals surface area contributed by atoms with Gasteiger partial charge in [-0.1, -0.05) is 50.9 Å². The van der Waals surface area contributed by atoms with Crippen LogP contribution in [0.25, 0.3) is 0 Å². The molecule has 3 rings (SSSR count). The molecule has 1 aromatic heterocycles. The number of carbonyl (C=O) groups is 2. The summed E-state index contributed by atoms with van der Waals surface area (Å²) in [5.41, 5.74) is 4.70. The maximum Gasteiger partial charge on any atom is 0.416 e. The molecule has 1 aliphatic carbocycles. The number of rotatable bonds is 8. The van der Waals surface area contributed by atoms with Crippen molar-refractivity contribution < 1.29 is 22.8 Å². The Balaban J connectivity index is 1.85. The summed E-state index contributed by atoms with van der Waals surface area (Å²) in [7, 11) is 0. The van der Waals surface area contributed by atoms with E-state index in [0.29, 0.717) is 16.7 Å². The number of aromatic nitrogens is 3. The van der Waals surface area contributed by atoms with Crippen LogP contribution in [0.4, 0.5) is 23.7 Å². The average Bonchev–Trinajstić information content (AvgIpc) is 3.18. The van der Waals surface area contributed by atoms with Gasteiger partial charge in [-0.05, 0) is 37.0 Å². The van der Waals surface area contributed by atoms with Gasteiger partial charge in [-0.3, -0.25) is 10.1 Å². The largest absolute Gasteiger partial charge is 0.416 e. The fraction of sp³-hybridized carbons (Fsp3) is 0.545. The van der Waals surface area contributed by atoms with Crippen LogP contribution in [0.3, 0.4) is 0 Å². The molecule has 1 atom stereocenters. The highest BCUT2D eigenvalue weighted by Gasteiger charge is 2.31. The molecule has 186 valence electrons. The van der Waals surface area contributed by atoms with Gasteiger partial charge in [0.05, 0.1) is 17.4 Å². The number of amides is 3. The van der Waals surface area contributed by atoms with Gasteiger partial charge in [-0.2, -0.15) is 13.2 Å². The van der Waals surface area contributed by atoms with Crippen LogP contribution in [0.1, 0.15) is 63.4 Å². The zero-order valence-corrected chi connectivity index (χ0v) is 19.9. The Morgan fingerprint density at radius 2 is 1.91 bits per heavy atom. The molecule has 12 heteroatoms. The monoisotopic (exact) mass is 498 g/mol. The zero-order valence-electron chi connectivity index (χ0n) is 19.1. The van der Waals surface area contributed by atoms with E-state index in [4.69, 9.17) is 5.73 Å². The second-order valence-electron chi connectivity index (χ2n) is 8.63. The van der Waals surface area contributed by atoms with E-state index in [1.54, 1.807) is 6.07 Å². The number of thioether (sulfide) groups is 1. The quantitative estimate of drug-likeness (QED) is 0.454. The molecular formula is C22H29F3N6O2S. The van der Waals surface area contributed by atoms with E-state index in [1.807, 2.05) is 18.4 Å². The number of benzene rings is 1. The number of hydrogen-bond donors (Lipinski definition) is 3. The Morgan fingerprint density at radius 1 is 1.21 bits per heavy atom. The van der Waals surface area contributed by atoms with Gasteiger partial charge in [0.15, 0.2) is 11.0 Å². The summed E-state index contributed by atoms with van der Waals surface area (Å²) in [4.78, 5) is 23.7. The predicted octanol–water partition coefficient (Wildman–Crippen LogP) is 4.73. The molecule has 0 aliphatic heterocycles. The van der Waals surface area contributed by atoms with Gasteiger partial charge in [-0.25, -0.2) is 4.79 Å². The van der Waals surface area contributed by atoms with Crippen molar-refractivity contribution in [1.29, 1.82) is 0 Å². The first-order valence-electron chi connectivity index (χ1n) is 11.2. The number of nitrogens with one attached hydrogen (secondary N) is 2. The fourth-order valence-corrected chi connectivity index (χ4v) is 5.12. The van der Waals surface area contributed by atoms with Crippen LogP contribution in [0.5, 0.6) is 0 Å². The molecule has 34 heavy (non-hydrogen) atoms. The van der Waals surface area contributed by atoms with Gasteiger partial charge in [0, 0.05) is 11.7 Å². The molecule has 0 radical (unpaired) electrons. The lowest BCUT2D eigenvalue weighted by atomic mass is 9.95. The topological polar surface area (TPSA) is 115 Å². The van der Waals surface area contributed by atoms with Crippen molar-refractivity contribution in [2.75, 3.05) is 5.32 Å². The maximum absolute atomic E-state index is 13.1. The lowest BCUT2D eigenvalue weighted by molar-refractivity contribution is -0.137. The normalized spacial score (nSPS) is 15.8. The molecule has 4 N–H and O–H groups in total. The van der Waals surface area contributed by atoms with Crippen molar-refractivity contribution in [3.63, 3.8) is 0 Å². The first-order chi connectivity index (χ1) is 16.1. The molecule has 0 spiro atoms. The SMILES string of the molecule is CC(C)C(Sc1nnc(CNc2cccc(C(F)(F)F)c2)n1C1CCCCC1)C(=O)NC(N)=O. The summed E-state index contributed by atoms with van der Waals surface area (Å²) in [6.45, 7) is 3.89. The Hall–Kier alpha value is -2.76. The molecule has 1 unspecified atom stereocenters. The molecule has 1 aliphatic rings. The van der Waals surface area contributed by atoms with Crippen LogP contribution in [0, 0.1) is 5.92 Å². The van der Waals surface area contributed by atoms with Crippen LogP contribution in [0.2, 0.25) is 0 Å². The minimum absolute atomic E-state index is 0.118. The number of nitrogens with zero attached hydrogens (tertiary/aromatic N) is 3. The van der Waals surface area contributed by atoms with Gasteiger partial charge < -0.3 is 15.6 Å². The summed E-state index contributed by atoms with van der Waals surface area (Å²) in [6, 6.07) is 4.19.